The van der Waals surface area contributed by atoms with Crippen LogP contribution in [-0.2, 0) is 4.79 Å². The van der Waals surface area contributed by atoms with Crippen LogP contribution in [0.1, 0.15) is 43.7 Å². The second kappa shape index (κ2) is 7.29. The van der Waals surface area contributed by atoms with E-state index in [2.05, 4.69) is 15.3 Å². The van der Waals surface area contributed by atoms with Gasteiger partial charge in [-0.3, -0.25) is 4.79 Å². The molecule has 7 nitrogen and oxygen atoms in total. The van der Waals surface area contributed by atoms with E-state index in [1.165, 1.54) is 17.1 Å². The number of benzene rings is 1. The molecule has 3 heterocycles. The zero-order valence-corrected chi connectivity index (χ0v) is 15.7. The summed E-state index contributed by atoms with van der Waals surface area (Å²) in [5, 5.41) is 13.5. The van der Waals surface area contributed by atoms with E-state index in [1.807, 2.05) is 11.8 Å². The van der Waals surface area contributed by atoms with E-state index in [1.54, 1.807) is 13.1 Å². The predicted octanol–water partition coefficient (Wildman–Crippen LogP) is 3.22. The molecule has 2 aliphatic heterocycles. The third-order valence-electron chi connectivity index (χ3n) is 5.31. The van der Waals surface area contributed by atoms with Crippen LogP contribution in [0.4, 0.5) is 14.8 Å². The summed E-state index contributed by atoms with van der Waals surface area (Å²) in [6.45, 7) is 4.35. The number of aromatic nitrogens is 2. The molecule has 28 heavy (non-hydrogen) atoms. The SMILES string of the molecule is Cc1nnc(N2CC[C@H](C(=O)N3N=CC[C@@H]3c3cc(F)cc(F)c3)C[C@@H]2C)o1. The van der Waals surface area contributed by atoms with Gasteiger partial charge >= 0.3 is 6.01 Å². The molecule has 0 aliphatic carbocycles. The number of nitrogens with zero attached hydrogens (tertiary/aromatic N) is 5. The number of hydrogen-bond acceptors (Lipinski definition) is 6. The van der Waals surface area contributed by atoms with Crippen molar-refractivity contribution in [2.45, 2.75) is 45.2 Å². The number of carbonyl (C=O) groups is 1. The lowest BCUT2D eigenvalue weighted by Crippen LogP contribution is -2.45. The highest BCUT2D eigenvalue weighted by Crippen LogP contribution is 2.34. The molecule has 0 unspecified atom stereocenters. The van der Waals surface area contributed by atoms with Gasteiger partial charge in [-0.15, -0.1) is 5.10 Å². The van der Waals surface area contributed by atoms with E-state index in [0.717, 1.165) is 6.07 Å². The van der Waals surface area contributed by atoms with Gasteiger partial charge in [0, 0.05) is 44.1 Å². The Balaban J connectivity index is 1.47. The Bertz CT molecular complexity index is 895. The standard InChI is InChI=1S/C19H21F2N5O2/c1-11-7-13(4-6-25(11)19-24-23-12(2)28-19)18(27)26-17(3-5-22-26)14-8-15(20)10-16(21)9-14/h5,8-11,13,17H,3-4,6-7H2,1-2H3/t11-,13-,17+/m0/s1. The lowest BCUT2D eigenvalue weighted by molar-refractivity contribution is -0.138. The number of hydrogen-bond donors (Lipinski definition) is 0. The van der Waals surface area contributed by atoms with Crippen LogP contribution in [0.2, 0.25) is 0 Å². The molecule has 1 saturated heterocycles. The smallest absolute Gasteiger partial charge is 0.318 e. The molecule has 148 valence electrons. The number of anilines is 1. The molecular formula is C19H21F2N5O2. The van der Waals surface area contributed by atoms with Gasteiger partial charge in [-0.05, 0) is 37.5 Å². The zero-order chi connectivity index (χ0) is 19.8. The van der Waals surface area contributed by atoms with Gasteiger partial charge in [-0.25, -0.2) is 13.8 Å². The van der Waals surface area contributed by atoms with E-state index in [0.29, 0.717) is 43.3 Å². The maximum atomic E-state index is 13.6. The fourth-order valence-electron chi connectivity index (χ4n) is 3.94. The van der Waals surface area contributed by atoms with Gasteiger partial charge in [0.25, 0.3) is 0 Å². The Hall–Kier alpha value is -2.84. The van der Waals surface area contributed by atoms with Crippen molar-refractivity contribution < 1.29 is 18.0 Å². The van der Waals surface area contributed by atoms with Gasteiger partial charge in [0.2, 0.25) is 11.8 Å². The van der Waals surface area contributed by atoms with Crippen molar-refractivity contribution in [3.8, 4) is 0 Å². The molecule has 3 atom stereocenters. The molecule has 1 aromatic carbocycles. The lowest BCUT2D eigenvalue weighted by atomic mass is 9.90. The van der Waals surface area contributed by atoms with Gasteiger partial charge in [0.1, 0.15) is 11.6 Å². The fraction of sp³-hybridized carbons (Fsp3) is 0.474. The molecule has 0 N–H and O–H groups in total. The van der Waals surface area contributed by atoms with Gasteiger partial charge in [0.05, 0.1) is 6.04 Å². The minimum absolute atomic E-state index is 0.0409. The third kappa shape index (κ3) is 3.48. The monoisotopic (exact) mass is 389 g/mol. The summed E-state index contributed by atoms with van der Waals surface area (Å²) in [7, 11) is 0. The van der Waals surface area contributed by atoms with Crippen molar-refractivity contribution >= 4 is 18.1 Å². The average molecular weight is 389 g/mol. The number of amides is 1. The van der Waals surface area contributed by atoms with Gasteiger partial charge in [-0.1, -0.05) is 5.10 Å². The van der Waals surface area contributed by atoms with Gasteiger partial charge < -0.3 is 9.32 Å². The first kappa shape index (κ1) is 18.5. The number of hydrazone groups is 1. The highest BCUT2D eigenvalue weighted by molar-refractivity contribution is 5.82. The molecule has 0 spiro atoms. The third-order valence-corrected chi connectivity index (χ3v) is 5.31. The highest BCUT2D eigenvalue weighted by Gasteiger charge is 2.38. The van der Waals surface area contributed by atoms with Gasteiger partial charge in [-0.2, -0.15) is 5.10 Å². The van der Waals surface area contributed by atoms with Crippen molar-refractivity contribution in [2.24, 2.45) is 11.0 Å². The summed E-state index contributed by atoms with van der Waals surface area (Å²) in [6, 6.07) is 3.35. The Morgan fingerprint density at radius 2 is 1.96 bits per heavy atom. The van der Waals surface area contributed by atoms with Crippen LogP contribution in [0.15, 0.2) is 27.7 Å². The zero-order valence-electron chi connectivity index (χ0n) is 15.7. The first-order valence-electron chi connectivity index (χ1n) is 9.30. The number of carbonyl (C=O) groups excluding carboxylic acids is 1. The summed E-state index contributed by atoms with van der Waals surface area (Å²) in [5.74, 6) is -1.18. The highest BCUT2D eigenvalue weighted by atomic mass is 19.1. The van der Waals surface area contributed by atoms with E-state index < -0.39 is 17.7 Å². The van der Waals surface area contributed by atoms with E-state index in [9.17, 15) is 13.6 Å². The molecule has 0 radical (unpaired) electrons. The predicted molar refractivity (Wildman–Crippen MR) is 97.6 cm³/mol. The van der Waals surface area contributed by atoms with Crippen molar-refractivity contribution in [2.75, 3.05) is 11.4 Å². The van der Waals surface area contributed by atoms with E-state index >= 15 is 0 Å². The van der Waals surface area contributed by atoms with E-state index in [-0.39, 0.29) is 17.9 Å². The van der Waals surface area contributed by atoms with Crippen LogP contribution in [0.5, 0.6) is 0 Å². The minimum Gasteiger partial charge on any atom is -0.408 e. The van der Waals surface area contributed by atoms with Crippen LogP contribution in [0, 0.1) is 24.5 Å². The minimum atomic E-state index is -0.661. The second-order valence-electron chi connectivity index (χ2n) is 7.30. The molecule has 0 saturated carbocycles. The fourth-order valence-corrected chi connectivity index (χ4v) is 3.94. The lowest BCUT2D eigenvalue weighted by Gasteiger charge is -2.37. The Labute approximate surface area is 161 Å². The molecular weight excluding hydrogens is 368 g/mol. The first-order valence-corrected chi connectivity index (χ1v) is 9.30. The molecule has 1 amide bonds. The van der Waals surface area contributed by atoms with E-state index in [4.69, 9.17) is 4.42 Å². The summed E-state index contributed by atoms with van der Waals surface area (Å²) >= 11 is 0. The molecule has 2 aromatic rings. The molecule has 9 heteroatoms. The number of piperidine rings is 1. The molecule has 4 rings (SSSR count). The molecule has 1 aromatic heterocycles. The van der Waals surface area contributed by atoms with Crippen LogP contribution in [-0.4, -0.2) is 39.9 Å². The maximum absolute atomic E-state index is 13.6. The van der Waals surface area contributed by atoms with Crippen LogP contribution in [0.25, 0.3) is 0 Å². The normalized spacial score (nSPS) is 24.8. The Morgan fingerprint density at radius 1 is 1.21 bits per heavy atom. The second-order valence-corrected chi connectivity index (χ2v) is 7.30. The quantitative estimate of drug-likeness (QED) is 0.806. The van der Waals surface area contributed by atoms with Crippen molar-refractivity contribution in [3.05, 3.63) is 41.3 Å². The van der Waals surface area contributed by atoms with Crippen LogP contribution < -0.4 is 4.90 Å². The van der Waals surface area contributed by atoms with Gasteiger partial charge in [0.15, 0.2) is 0 Å². The Kier molecular flexibility index (Phi) is 4.82. The average Bonchev–Trinajstić information content (AvgIpc) is 3.29. The summed E-state index contributed by atoms with van der Waals surface area (Å²) < 4.78 is 32.7. The van der Waals surface area contributed by atoms with Crippen LogP contribution in [0.3, 0.4) is 0 Å². The number of aryl methyl sites for hydroxylation is 1. The molecule has 1 fully saturated rings. The van der Waals surface area contributed by atoms with Crippen molar-refractivity contribution in [3.63, 3.8) is 0 Å². The number of rotatable bonds is 3. The summed E-state index contributed by atoms with van der Waals surface area (Å²) in [4.78, 5) is 15.1. The van der Waals surface area contributed by atoms with Crippen molar-refractivity contribution in [1.29, 1.82) is 0 Å². The van der Waals surface area contributed by atoms with Crippen LogP contribution >= 0.6 is 0 Å². The Morgan fingerprint density at radius 3 is 2.61 bits per heavy atom. The summed E-state index contributed by atoms with van der Waals surface area (Å²) in [5.41, 5.74) is 0.412. The molecule has 0 bridgehead atoms. The topological polar surface area (TPSA) is 74.8 Å². The summed E-state index contributed by atoms with van der Waals surface area (Å²) in [6.07, 6.45) is 3.27. The largest absolute Gasteiger partial charge is 0.408 e. The first-order chi connectivity index (χ1) is 13.4. The van der Waals surface area contributed by atoms with Crippen molar-refractivity contribution in [1.82, 2.24) is 15.2 Å². The maximum Gasteiger partial charge on any atom is 0.318 e. The number of halogens is 2. The molecule has 2 aliphatic rings.